The molecule has 0 aliphatic rings. The number of carbonyl (C=O) groups is 1. The first-order valence-corrected chi connectivity index (χ1v) is 7.64. The smallest absolute Gasteiger partial charge is 0.234 e. The number of benzene rings is 1. The van der Waals surface area contributed by atoms with Crippen LogP contribution in [0.1, 0.15) is 5.56 Å². The Balaban J connectivity index is 1.99. The van der Waals surface area contributed by atoms with Crippen LogP contribution < -0.4 is 11.1 Å². The second kappa shape index (κ2) is 7.31. The number of nitrogen functional groups attached to an aromatic ring is 1. The van der Waals surface area contributed by atoms with Gasteiger partial charge in [-0.2, -0.15) is 5.26 Å². The molecule has 1 heterocycles. The van der Waals surface area contributed by atoms with Crippen molar-refractivity contribution in [3.63, 3.8) is 0 Å². The maximum Gasteiger partial charge on any atom is 0.234 e. The van der Waals surface area contributed by atoms with Crippen LogP contribution in [0, 0.1) is 11.3 Å². The van der Waals surface area contributed by atoms with Gasteiger partial charge in [-0.3, -0.25) is 4.79 Å². The van der Waals surface area contributed by atoms with Crippen molar-refractivity contribution in [3.8, 4) is 6.07 Å². The molecule has 0 bridgehead atoms. The summed E-state index contributed by atoms with van der Waals surface area (Å²) in [6.45, 7) is 0. The number of amides is 1. The first kappa shape index (κ1) is 16.4. The Kier molecular flexibility index (Phi) is 5.44. The highest BCUT2D eigenvalue weighted by Gasteiger charge is 2.11. The number of hydrogen-bond acceptors (Lipinski definition) is 6. The first-order valence-electron chi connectivity index (χ1n) is 5.90. The van der Waals surface area contributed by atoms with Gasteiger partial charge in [-0.25, -0.2) is 9.97 Å². The van der Waals surface area contributed by atoms with E-state index >= 15 is 0 Å². The van der Waals surface area contributed by atoms with E-state index in [0.717, 1.165) is 11.8 Å². The molecule has 0 radical (unpaired) electrons. The fourth-order valence-electron chi connectivity index (χ4n) is 1.46. The fraction of sp³-hybridized carbons (Fsp3) is 0.0769. The maximum atomic E-state index is 11.9. The molecule has 2 aromatic rings. The monoisotopic (exact) mass is 353 g/mol. The zero-order chi connectivity index (χ0) is 16.1. The lowest BCUT2D eigenvalue weighted by atomic mass is 10.3. The van der Waals surface area contributed by atoms with E-state index in [9.17, 15) is 4.79 Å². The summed E-state index contributed by atoms with van der Waals surface area (Å²) in [5.74, 6) is -0.187. The Morgan fingerprint density at radius 3 is 2.68 bits per heavy atom. The number of nitrogens with one attached hydrogen (secondary N) is 1. The van der Waals surface area contributed by atoms with Gasteiger partial charge < -0.3 is 11.1 Å². The number of halogens is 2. The number of rotatable bonds is 4. The number of carbonyl (C=O) groups excluding carboxylic acids is 1. The Bertz CT molecular complexity index is 742. The second-order valence-corrected chi connectivity index (χ2v) is 5.75. The van der Waals surface area contributed by atoms with Gasteiger partial charge in [0.1, 0.15) is 17.5 Å². The third kappa shape index (κ3) is 4.01. The van der Waals surface area contributed by atoms with Crippen molar-refractivity contribution in [2.45, 2.75) is 5.16 Å². The van der Waals surface area contributed by atoms with Crippen molar-refractivity contribution in [2.75, 3.05) is 16.8 Å². The van der Waals surface area contributed by atoms with Gasteiger partial charge in [0.15, 0.2) is 5.16 Å². The zero-order valence-electron chi connectivity index (χ0n) is 11.0. The molecule has 0 saturated carbocycles. The van der Waals surface area contributed by atoms with Crippen molar-refractivity contribution >= 4 is 52.4 Å². The van der Waals surface area contributed by atoms with Gasteiger partial charge in [0.2, 0.25) is 5.91 Å². The number of nitrogens with zero attached hydrogens (tertiary/aromatic N) is 3. The van der Waals surface area contributed by atoms with E-state index in [1.807, 2.05) is 6.07 Å². The molecule has 0 fully saturated rings. The van der Waals surface area contributed by atoms with E-state index in [-0.39, 0.29) is 23.0 Å². The summed E-state index contributed by atoms with van der Waals surface area (Å²) in [4.78, 5) is 19.8. The Hall–Kier alpha value is -2.01. The molecular weight excluding hydrogens is 345 g/mol. The molecule has 2 rings (SSSR count). The molecule has 0 aliphatic heterocycles. The summed E-state index contributed by atoms with van der Waals surface area (Å²) >= 11 is 13.0. The first-order chi connectivity index (χ1) is 10.5. The highest BCUT2D eigenvalue weighted by atomic mass is 35.5. The number of hydrogen-bond donors (Lipinski definition) is 2. The quantitative estimate of drug-likeness (QED) is 0.646. The maximum absolute atomic E-state index is 11.9. The van der Waals surface area contributed by atoms with Crippen LogP contribution in [0.25, 0.3) is 0 Å². The van der Waals surface area contributed by atoms with E-state index in [2.05, 4.69) is 15.3 Å². The Labute approximate surface area is 140 Å². The normalized spacial score (nSPS) is 10.0. The van der Waals surface area contributed by atoms with Crippen LogP contribution in [-0.4, -0.2) is 21.6 Å². The lowest BCUT2D eigenvalue weighted by Crippen LogP contribution is -2.15. The van der Waals surface area contributed by atoms with Gasteiger partial charge in [-0.15, -0.1) is 0 Å². The molecule has 0 saturated heterocycles. The van der Waals surface area contributed by atoms with Crippen LogP contribution in [0.15, 0.2) is 29.6 Å². The van der Waals surface area contributed by atoms with Gasteiger partial charge in [0.25, 0.3) is 0 Å². The minimum absolute atomic E-state index is 0.0485. The summed E-state index contributed by atoms with van der Waals surface area (Å²) in [6.07, 6.45) is 1.31. The highest BCUT2D eigenvalue weighted by Crippen LogP contribution is 2.30. The van der Waals surface area contributed by atoms with Crippen LogP contribution in [-0.2, 0) is 4.79 Å². The van der Waals surface area contributed by atoms with Gasteiger partial charge >= 0.3 is 0 Å². The van der Waals surface area contributed by atoms with Crippen molar-refractivity contribution < 1.29 is 4.79 Å². The van der Waals surface area contributed by atoms with Crippen molar-refractivity contribution in [1.29, 1.82) is 5.26 Å². The molecule has 1 amide bonds. The molecule has 1 aromatic carbocycles. The van der Waals surface area contributed by atoms with E-state index < -0.39 is 0 Å². The van der Waals surface area contributed by atoms with Crippen LogP contribution in [0.5, 0.6) is 0 Å². The van der Waals surface area contributed by atoms with Crippen LogP contribution in [0.4, 0.5) is 11.5 Å². The van der Waals surface area contributed by atoms with E-state index in [1.165, 1.54) is 6.20 Å². The van der Waals surface area contributed by atoms with Crippen LogP contribution in [0.3, 0.4) is 0 Å². The molecule has 0 unspecified atom stereocenters. The number of thioether (sulfide) groups is 1. The molecule has 22 heavy (non-hydrogen) atoms. The third-order valence-electron chi connectivity index (χ3n) is 2.48. The Morgan fingerprint density at radius 2 is 2.09 bits per heavy atom. The molecule has 112 valence electrons. The molecule has 1 aromatic heterocycles. The topological polar surface area (TPSA) is 105 Å². The number of nitrogens with two attached hydrogens (primary N) is 1. The SMILES string of the molecule is N#Cc1cnc(SCC(=O)Nc2c(Cl)cccc2Cl)nc1N. The summed E-state index contributed by atoms with van der Waals surface area (Å²) in [7, 11) is 0. The average molecular weight is 354 g/mol. The van der Waals surface area contributed by atoms with Gasteiger partial charge in [-0.05, 0) is 12.1 Å². The minimum Gasteiger partial charge on any atom is -0.382 e. The second-order valence-electron chi connectivity index (χ2n) is 4.00. The van der Waals surface area contributed by atoms with Crippen molar-refractivity contribution in [3.05, 3.63) is 40.0 Å². The number of aromatic nitrogens is 2. The minimum atomic E-state index is -0.313. The number of para-hydroxylation sites is 1. The zero-order valence-corrected chi connectivity index (χ0v) is 13.3. The molecule has 0 spiro atoms. The molecule has 6 nitrogen and oxygen atoms in total. The summed E-state index contributed by atoms with van der Waals surface area (Å²) in [5, 5.41) is 12.4. The molecule has 0 aliphatic carbocycles. The van der Waals surface area contributed by atoms with Crippen molar-refractivity contribution in [1.82, 2.24) is 9.97 Å². The van der Waals surface area contributed by atoms with E-state index in [1.54, 1.807) is 18.2 Å². The number of nitriles is 1. The predicted molar refractivity (Wildman–Crippen MR) is 87.0 cm³/mol. The molecular formula is C13H9Cl2N5OS. The van der Waals surface area contributed by atoms with Gasteiger partial charge in [-0.1, -0.05) is 41.0 Å². The van der Waals surface area contributed by atoms with Gasteiger partial charge in [0.05, 0.1) is 27.7 Å². The third-order valence-corrected chi connectivity index (χ3v) is 3.97. The van der Waals surface area contributed by atoms with Gasteiger partial charge in [0, 0.05) is 0 Å². The lowest BCUT2D eigenvalue weighted by molar-refractivity contribution is -0.113. The van der Waals surface area contributed by atoms with Crippen molar-refractivity contribution in [2.24, 2.45) is 0 Å². The highest BCUT2D eigenvalue weighted by molar-refractivity contribution is 7.99. The Morgan fingerprint density at radius 1 is 1.41 bits per heavy atom. The molecule has 9 heteroatoms. The average Bonchev–Trinajstić information content (AvgIpc) is 2.49. The lowest BCUT2D eigenvalue weighted by Gasteiger charge is -2.08. The van der Waals surface area contributed by atoms with Crippen LogP contribution >= 0.6 is 35.0 Å². The fourth-order valence-corrected chi connectivity index (χ4v) is 2.57. The van der Waals surface area contributed by atoms with E-state index in [0.29, 0.717) is 20.9 Å². The standard InChI is InChI=1S/C13H9Cl2N5OS/c14-8-2-1-3-9(15)11(8)19-10(21)6-22-13-18-5-7(4-16)12(17)20-13/h1-3,5H,6H2,(H,19,21)(H2,17,18,20). The molecule has 0 atom stereocenters. The van der Waals surface area contributed by atoms with Crippen LogP contribution in [0.2, 0.25) is 10.0 Å². The predicted octanol–water partition coefficient (Wildman–Crippen LogP) is 2.97. The summed E-state index contributed by atoms with van der Waals surface area (Å²) in [6, 6.07) is 6.80. The number of anilines is 2. The van der Waals surface area contributed by atoms with E-state index in [4.69, 9.17) is 34.2 Å². The summed E-state index contributed by atoms with van der Waals surface area (Å²) < 4.78 is 0. The molecule has 3 N–H and O–H groups in total. The largest absolute Gasteiger partial charge is 0.382 e. The summed E-state index contributed by atoms with van der Waals surface area (Å²) in [5.41, 5.74) is 6.13.